The number of hydrogen-bond donors (Lipinski definition) is 4. The van der Waals surface area contributed by atoms with Crippen LogP contribution in [0.15, 0.2) is 114 Å². The molecule has 1 atom stereocenters. The number of piperazine rings is 1. The molecule has 0 spiro atoms. The third-order valence-electron chi connectivity index (χ3n) is 18.3. The number of likely N-dealkylation sites (tertiary alicyclic amines) is 2. The normalized spacial score (nSPS) is 19.9. The number of anilines is 2. The van der Waals surface area contributed by atoms with Crippen LogP contribution < -0.4 is 25.0 Å². The quantitative estimate of drug-likeness (QED) is 0.0305. The summed E-state index contributed by atoms with van der Waals surface area (Å²) in [5.41, 5.74) is 6.16. The van der Waals surface area contributed by atoms with Gasteiger partial charge in [0.1, 0.15) is 28.9 Å². The zero-order chi connectivity index (χ0) is 62.1. The summed E-state index contributed by atoms with van der Waals surface area (Å²) < 4.78 is 36.6. The van der Waals surface area contributed by atoms with E-state index in [4.69, 9.17) is 16.3 Å². The van der Waals surface area contributed by atoms with Crippen LogP contribution in [-0.4, -0.2) is 157 Å². The fourth-order valence-corrected chi connectivity index (χ4v) is 14.4. The Labute approximate surface area is 521 Å². The number of aromatic amines is 1. The predicted molar refractivity (Wildman–Crippen MR) is 337 cm³/mol. The highest BCUT2D eigenvalue weighted by Crippen LogP contribution is 2.44. The van der Waals surface area contributed by atoms with Gasteiger partial charge in [0.15, 0.2) is 0 Å². The van der Waals surface area contributed by atoms with E-state index in [-0.39, 0.29) is 52.3 Å². The number of rotatable bonds is 16. The van der Waals surface area contributed by atoms with Crippen molar-refractivity contribution in [3.63, 3.8) is 0 Å². The molecule has 0 radical (unpaired) electrons. The maximum atomic E-state index is 14.2. The fourth-order valence-electron chi connectivity index (χ4n) is 13.3. The van der Waals surface area contributed by atoms with E-state index in [1.807, 2.05) is 18.2 Å². The van der Waals surface area contributed by atoms with Crippen molar-refractivity contribution in [2.24, 2.45) is 11.3 Å². The summed E-state index contributed by atoms with van der Waals surface area (Å²) in [6.45, 7) is 12.8. The van der Waals surface area contributed by atoms with E-state index in [0.29, 0.717) is 54.2 Å². The van der Waals surface area contributed by atoms with Crippen molar-refractivity contribution in [2.75, 3.05) is 82.2 Å². The van der Waals surface area contributed by atoms with Crippen LogP contribution in [0.4, 0.5) is 17.1 Å². The molecule has 23 heteroatoms. The second-order valence-electron chi connectivity index (χ2n) is 24.8. The Balaban J connectivity index is 0.643. The summed E-state index contributed by atoms with van der Waals surface area (Å²) in [7, 11) is -4.64. The summed E-state index contributed by atoms with van der Waals surface area (Å²) in [5, 5.41) is 19.5. The number of pyridine rings is 1. The number of sulfonamides is 1. The molecule has 4 N–H and O–H groups in total. The number of nitro benzene ring substituents is 1. The average molecular weight is 1240 g/mol. The van der Waals surface area contributed by atoms with Gasteiger partial charge in [-0.25, -0.2) is 18.1 Å². The Morgan fingerprint density at radius 2 is 1.64 bits per heavy atom. The average Bonchev–Trinajstić information content (AvgIpc) is 1.75. The number of fused-ring (bicyclic) bond motifs is 2. The molecule has 5 amide bonds. The van der Waals surface area contributed by atoms with E-state index >= 15 is 0 Å². The van der Waals surface area contributed by atoms with E-state index in [1.54, 1.807) is 42.6 Å². The van der Waals surface area contributed by atoms with Crippen molar-refractivity contribution in [3.8, 4) is 23.3 Å². The van der Waals surface area contributed by atoms with Gasteiger partial charge in [0.2, 0.25) is 11.8 Å². The van der Waals surface area contributed by atoms with Crippen molar-refractivity contribution in [1.29, 1.82) is 0 Å². The maximum absolute atomic E-state index is 14.2. The van der Waals surface area contributed by atoms with Crippen LogP contribution in [0.1, 0.15) is 114 Å². The Bertz CT molecular complexity index is 4000. The zero-order valence-electron chi connectivity index (χ0n) is 49.7. The minimum absolute atomic E-state index is 0.0387. The number of piperidine rings is 3. The topological polar surface area (TPSA) is 253 Å². The van der Waals surface area contributed by atoms with Crippen molar-refractivity contribution < 1.29 is 42.1 Å². The summed E-state index contributed by atoms with van der Waals surface area (Å²) in [6, 6.07) is 24.7. The molecule has 5 aliphatic heterocycles. The van der Waals surface area contributed by atoms with Gasteiger partial charge in [0.25, 0.3) is 33.4 Å². The minimum atomic E-state index is -4.64. The van der Waals surface area contributed by atoms with Gasteiger partial charge in [0, 0.05) is 105 Å². The van der Waals surface area contributed by atoms with Gasteiger partial charge in [-0.1, -0.05) is 61.1 Å². The second-order valence-corrected chi connectivity index (χ2v) is 26.9. The van der Waals surface area contributed by atoms with Crippen molar-refractivity contribution >= 4 is 84.8 Å². The lowest BCUT2D eigenvalue weighted by molar-refractivity contribution is -0.384. The van der Waals surface area contributed by atoms with Crippen LogP contribution >= 0.6 is 11.6 Å². The van der Waals surface area contributed by atoms with E-state index in [9.17, 15) is 42.5 Å². The number of allylic oxidation sites excluding steroid dienone is 1. The molecule has 462 valence electrons. The second kappa shape index (κ2) is 25.6. The summed E-state index contributed by atoms with van der Waals surface area (Å²) in [5.74, 6) is 3.71. The van der Waals surface area contributed by atoms with E-state index < -0.39 is 61.1 Å². The number of hydrogen-bond acceptors (Lipinski definition) is 16. The molecule has 2 aromatic heterocycles. The summed E-state index contributed by atoms with van der Waals surface area (Å²) in [6.07, 6.45) is 10.1. The van der Waals surface area contributed by atoms with Gasteiger partial charge in [-0.2, -0.15) is 0 Å². The lowest BCUT2D eigenvalue weighted by Crippen LogP contribution is -2.54. The van der Waals surface area contributed by atoms with Crippen molar-refractivity contribution in [1.82, 2.24) is 39.6 Å². The number of benzene rings is 4. The number of ether oxygens (including phenoxy) is 1. The molecular formula is C66H70ClN11O10S. The fraction of sp³-hybridized carbons (Fsp3) is 0.394. The summed E-state index contributed by atoms with van der Waals surface area (Å²) >= 11 is 6.28. The molecule has 1 unspecified atom stereocenters. The highest BCUT2D eigenvalue weighted by Gasteiger charge is 2.45. The van der Waals surface area contributed by atoms with E-state index in [0.717, 1.165) is 113 Å². The predicted octanol–water partition coefficient (Wildman–Crippen LogP) is 8.86. The van der Waals surface area contributed by atoms with E-state index in [2.05, 4.69) is 82.7 Å². The molecular weight excluding hydrogens is 1170 g/mol. The molecule has 89 heavy (non-hydrogen) atoms. The van der Waals surface area contributed by atoms with Crippen LogP contribution in [0, 0.1) is 33.3 Å². The number of nitrogens with zero attached hydrogens (tertiary/aromatic N) is 7. The van der Waals surface area contributed by atoms with Gasteiger partial charge in [-0.3, -0.25) is 54.1 Å². The first kappa shape index (κ1) is 60.8. The first-order chi connectivity index (χ1) is 42.8. The molecule has 7 heterocycles. The first-order valence-electron chi connectivity index (χ1n) is 30.4. The van der Waals surface area contributed by atoms with Gasteiger partial charge in [0.05, 0.1) is 39.3 Å². The number of nitrogens with one attached hydrogen (secondary N) is 4. The number of imide groups is 2. The molecule has 4 aromatic carbocycles. The lowest BCUT2D eigenvalue weighted by Gasteiger charge is -2.41. The van der Waals surface area contributed by atoms with Crippen LogP contribution in [0.5, 0.6) is 11.5 Å². The molecule has 6 aromatic rings. The van der Waals surface area contributed by atoms with Crippen LogP contribution in [0.2, 0.25) is 5.02 Å². The smallest absolute Gasteiger partial charge is 0.293 e. The molecule has 0 saturated carbocycles. The zero-order valence-corrected chi connectivity index (χ0v) is 51.3. The van der Waals surface area contributed by atoms with Crippen LogP contribution in [0.3, 0.4) is 0 Å². The Kier molecular flexibility index (Phi) is 17.5. The molecule has 4 saturated heterocycles. The highest BCUT2D eigenvalue weighted by molar-refractivity contribution is 7.90. The van der Waals surface area contributed by atoms with Crippen molar-refractivity contribution in [3.05, 3.63) is 152 Å². The van der Waals surface area contributed by atoms with Crippen molar-refractivity contribution in [2.45, 2.75) is 88.6 Å². The lowest BCUT2D eigenvalue weighted by atomic mass is 9.72. The number of aromatic nitrogens is 2. The third kappa shape index (κ3) is 13.5. The molecule has 1 aliphatic carbocycles. The number of H-pyrrole nitrogens is 1. The molecule has 6 aliphatic rings. The van der Waals surface area contributed by atoms with Crippen LogP contribution in [0.25, 0.3) is 16.6 Å². The molecule has 12 rings (SSSR count). The standard InChI is InChI=1S/C66H70ClN11O10S/c1-66(2)24-18-46(54(38-66)43-8-10-47(67)11-9-43)41-74-31-33-76(34-32-74)49-12-14-52(58(36-49)88-50-35-45-19-25-68-61(45)70-40-50)62(80)72-89(86,87)51-13-15-55(57(37-51)78(84)85)69-39-42-20-29-75(30-21-42)48-22-27-73(28-23-48)26-4-6-44-5-3-7-53-60(44)65(83)77(64(53)82)56-16-17-59(79)71-63(56)81/h3,5,7-15,19,25,35-37,40,42,48,56,69H,16-18,20-24,26-34,38-39,41H2,1-2H3,(H,68,70)(H,72,80)(H,71,79,81). The number of amides is 5. The Hall–Kier alpha value is -8.46. The largest absolute Gasteiger partial charge is 0.455 e. The third-order valence-corrected chi connectivity index (χ3v) is 19.9. The van der Waals surface area contributed by atoms with Gasteiger partial charge in [-0.05, 0) is 148 Å². The number of halogens is 1. The monoisotopic (exact) mass is 1240 g/mol. The summed E-state index contributed by atoms with van der Waals surface area (Å²) in [4.78, 5) is 94.6. The highest BCUT2D eigenvalue weighted by atomic mass is 35.5. The minimum Gasteiger partial charge on any atom is -0.455 e. The maximum Gasteiger partial charge on any atom is 0.293 e. The number of carbonyl (C=O) groups is 5. The molecule has 4 fully saturated rings. The Morgan fingerprint density at radius 3 is 2.39 bits per heavy atom. The molecule has 0 bridgehead atoms. The van der Waals surface area contributed by atoms with Gasteiger partial charge < -0.3 is 24.8 Å². The number of nitro groups is 1. The first-order valence-corrected chi connectivity index (χ1v) is 32.3. The molecule has 21 nitrogen and oxygen atoms in total. The number of carbonyl (C=O) groups excluding carboxylic acids is 5. The van der Waals surface area contributed by atoms with Crippen LogP contribution in [-0.2, 0) is 19.6 Å². The van der Waals surface area contributed by atoms with Gasteiger partial charge >= 0.3 is 0 Å². The van der Waals surface area contributed by atoms with Gasteiger partial charge in [-0.15, -0.1) is 0 Å². The van der Waals surface area contributed by atoms with E-state index in [1.165, 1.54) is 41.1 Å². The SMILES string of the molecule is CC1(C)CCC(CN2CCN(c3ccc(C(=O)NS(=O)(=O)c4ccc(NCC5CCN(C6CCN(CC#Cc7cccc8c7C(=O)N(C7CCC(=O)NC7=O)C8=O)CC6)CC5)c([N+](=O)[O-])c4)c(Oc4cnc5[nH]ccc5c4)c3)CC2)=C(c2ccc(Cl)cc2)C1. The Morgan fingerprint density at radius 1 is 0.865 bits per heavy atom.